The van der Waals surface area contributed by atoms with Crippen molar-refractivity contribution in [3.05, 3.63) is 48.5 Å². The average molecular weight is 352 g/mol. The van der Waals surface area contributed by atoms with Crippen LogP contribution in [-0.2, 0) is 9.68 Å². The van der Waals surface area contributed by atoms with Gasteiger partial charge in [-0.25, -0.2) is 0 Å². The summed E-state index contributed by atoms with van der Waals surface area (Å²) in [6.45, 7) is 0. The lowest BCUT2D eigenvalue weighted by Crippen LogP contribution is -2.17. The fraction of sp³-hybridized carbons (Fsp3) is 0.143. The van der Waals surface area contributed by atoms with Crippen LogP contribution in [0.5, 0.6) is 0 Å². The van der Waals surface area contributed by atoms with Gasteiger partial charge < -0.3 is 0 Å². The maximum absolute atomic E-state index is 11.9. The molecule has 0 saturated carbocycles. The molecule has 10 heteroatoms. The maximum Gasteiger partial charge on any atom is 0.543 e. The Morgan fingerprint density at radius 2 is 0.833 bits per heavy atom. The van der Waals surface area contributed by atoms with Gasteiger partial charge in [-0.3, -0.25) is 11.0 Å². The number of hydrogen-bond acceptors (Lipinski definition) is 4. The molecular formula is C14H10F6N2O2. The van der Waals surface area contributed by atoms with E-state index in [1.165, 1.54) is 48.5 Å². The van der Waals surface area contributed by atoms with E-state index >= 15 is 0 Å². The predicted octanol–water partition coefficient (Wildman–Crippen LogP) is 5.08. The number of benzene rings is 2. The first-order chi connectivity index (χ1) is 11.1. The molecule has 4 nitrogen and oxygen atoms in total. The third-order valence-electron chi connectivity index (χ3n) is 2.67. The quantitative estimate of drug-likeness (QED) is 0.582. The molecule has 24 heavy (non-hydrogen) atoms. The summed E-state index contributed by atoms with van der Waals surface area (Å²) in [7, 11) is 0. The maximum atomic E-state index is 11.9. The molecule has 0 spiro atoms. The molecule has 0 aliphatic rings. The first-order valence-corrected chi connectivity index (χ1v) is 6.34. The van der Waals surface area contributed by atoms with Crippen LogP contribution in [0.15, 0.2) is 48.5 Å². The standard InChI is InChI=1S/C14H10F6N2O2/c15-13(16,17)23-21-11-5-1-9(2-6-11)10-3-7-12(8-4-10)22-24-14(18,19)20/h1-8,21-22H. The molecule has 0 aliphatic heterocycles. The molecule has 0 heterocycles. The van der Waals surface area contributed by atoms with Crippen molar-refractivity contribution in [1.82, 2.24) is 0 Å². The monoisotopic (exact) mass is 352 g/mol. The van der Waals surface area contributed by atoms with Crippen molar-refractivity contribution >= 4 is 11.4 Å². The Hall–Kier alpha value is -2.46. The van der Waals surface area contributed by atoms with Gasteiger partial charge in [-0.05, 0) is 35.4 Å². The predicted molar refractivity (Wildman–Crippen MR) is 73.4 cm³/mol. The van der Waals surface area contributed by atoms with Crippen LogP contribution in [0.1, 0.15) is 0 Å². The molecule has 0 bridgehead atoms. The van der Waals surface area contributed by atoms with Gasteiger partial charge in [0.25, 0.3) is 0 Å². The molecule has 2 aromatic carbocycles. The van der Waals surface area contributed by atoms with Crippen molar-refractivity contribution in [1.29, 1.82) is 0 Å². The third-order valence-corrected chi connectivity index (χ3v) is 2.67. The van der Waals surface area contributed by atoms with Crippen molar-refractivity contribution < 1.29 is 36.0 Å². The molecule has 0 aromatic heterocycles. The molecule has 2 aromatic rings. The molecule has 130 valence electrons. The first-order valence-electron chi connectivity index (χ1n) is 6.34. The highest BCUT2D eigenvalue weighted by molar-refractivity contribution is 5.67. The van der Waals surface area contributed by atoms with Crippen LogP contribution in [0.2, 0.25) is 0 Å². The van der Waals surface area contributed by atoms with Gasteiger partial charge in [0.05, 0.1) is 11.4 Å². The molecule has 0 atom stereocenters. The van der Waals surface area contributed by atoms with Gasteiger partial charge in [-0.15, -0.1) is 26.3 Å². The molecule has 0 aliphatic carbocycles. The second-order valence-electron chi connectivity index (χ2n) is 4.45. The van der Waals surface area contributed by atoms with E-state index in [1.807, 2.05) is 0 Å². The minimum absolute atomic E-state index is 0.0907. The molecule has 2 rings (SSSR count). The number of rotatable bonds is 5. The summed E-state index contributed by atoms with van der Waals surface area (Å²) in [6, 6.07) is 11.5. The van der Waals surface area contributed by atoms with E-state index in [0.717, 1.165) is 0 Å². The van der Waals surface area contributed by atoms with Gasteiger partial charge >= 0.3 is 12.7 Å². The van der Waals surface area contributed by atoms with Crippen LogP contribution >= 0.6 is 0 Å². The Morgan fingerprint density at radius 1 is 0.542 bits per heavy atom. The summed E-state index contributed by atoms with van der Waals surface area (Å²) in [6.07, 6.45) is -9.61. The molecule has 0 saturated heterocycles. The van der Waals surface area contributed by atoms with Crippen LogP contribution in [0, 0.1) is 0 Å². The van der Waals surface area contributed by atoms with E-state index in [4.69, 9.17) is 0 Å². The minimum Gasteiger partial charge on any atom is -0.258 e. The summed E-state index contributed by atoms with van der Waals surface area (Å²) < 4.78 is 71.3. The Morgan fingerprint density at radius 3 is 1.08 bits per heavy atom. The molecule has 0 unspecified atom stereocenters. The summed E-state index contributed by atoms with van der Waals surface area (Å²) in [5, 5.41) is 0. The van der Waals surface area contributed by atoms with E-state index < -0.39 is 12.7 Å². The van der Waals surface area contributed by atoms with Crippen molar-refractivity contribution in [2.45, 2.75) is 12.7 Å². The Labute approximate surface area is 131 Å². The number of nitrogens with one attached hydrogen (secondary N) is 2. The number of anilines is 2. The molecular weight excluding hydrogens is 342 g/mol. The van der Waals surface area contributed by atoms with E-state index in [9.17, 15) is 26.3 Å². The lowest BCUT2D eigenvalue weighted by molar-refractivity contribution is -0.312. The molecule has 0 amide bonds. The van der Waals surface area contributed by atoms with Gasteiger partial charge in [0.1, 0.15) is 0 Å². The van der Waals surface area contributed by atoms with E-state index in [1.54, 1.807) is 11.0 Å². The number of halogens is 6. The number of hydrogen-bond donors (Lipinski definition) is 2. The average Bonchev–Trinajstić information content (AvgIpc) is 2.51. The molecule has 0 radical (unpaired) electrons. The van der Waals surface area contributed by atoms with Gasteiger partial charge in [-0.1, -0.05) is 24.3 Å². The zero-order valence-electron chi connectivity index (χ0n) is 11.7. The van der Waals surface area contributed by atoms with Crippen LogP contribution in [0.25, 0.3) is 11.1 Å². The van der Waals surface area contributed by atoms with Crippen LogP contribution in [-0.4, -0.2) is 12.7 Å². The lowest BCUT2D eigenvalue weighted by Gasteiger charge is -2.11. The second-order valence-corrected chi connectivity index (χ2v) is 4.45. The van der Waals surface area contributed by atoms with Gasteiger partial charge in [0.2, 0.25) is 0 Å². The number of alkyl halides is 6. The topological polar surface area (TPSA) is 42.5 Å². The van der Waals surface area contributed by atoms with Gasteiger partial charge in [-0.2, -0.15) is 9.68 Å². The van der Waals surface area contributed by atoms with E-state index in [0.29, 0.717) is 11.1 Å². The fourth-order valence-corrected chi connectivity index (χ4v) is 1.70. The van der Waals surface area contributed by atoms with Crippen molar-refractivity contribution in [2.24, 2.45) is 0 Å². The third kappa shape index (κ3) is 5.97. The highest BCUT2D eigenvalue weighted by Gasteiger charge is 2.30. The highest BCUT2D eigenvalue weighted by atomic mass is 19.4. The van der Waals surface area contributed by atoms with E-state index in [-0.39, 0.29) is 11.4 Å². The zero-order chi connectivity index (χ0) is 17.8. The fourth-order valence-electron chi connectivity index (χ4n) is 1.70. The van der Waals surface area contributed by atoms with Crippen LogP contribution in [0.4, 0.5) is 37.7 Å². The second kappa shape index (κ2) is 6.97. The summed E-state index contributed by atoms with van der Waals surface area (Å²) in [5.41, 5.74) is 4.97. The summed E-state index contributed by atoms with van der Waals surface area (Å²) in [4.78, 5) is 6.93. The lowest BCUT2D eigenvalue weighted by atomic mass is 10.1. The Balaban J connectivity index is 1.99. The van der Waals surface area contributed by atoms with Crippen molar-refractivity contribution in [3.63, 3.8) is 0 Å². The molecule has 2 N–H and O–H groups in total. The van der Waals surface area contributed by atoms with Gasteiger partial charge in [0.15, 0.2) is 0 Å². The van der Waals surface area contributed by atoms with Crippen LogP contribution < -0.4 is 11.0 Å². The summed E-state index contributed by atoms with van der Waals surface area (Å²) >= 11 is 0. The summed E-state index contributed by atoms with van der Waals surface area (Å²) in [5.74, 6) is 0. The smallest absolute Gasteiger partial charge is 0.258 e. The Kier molecular flexibility index (Phi) is 5.20. The highest BCUT2D eigenvalue weighted by Crippen LogP contribution is 2.25. The normalized spacial score (nSPS) is 12.1. The SMILES string of the molecule is FC(F)(F)ONc1ccc(-c2ccc(NOC(F)(F)F)cc2)cc1. The Bertz CT molecular complexity index is 593. The van der Waals surface area contributed by atoms with Gasteiger partial charge in [0, 0.05) is 0 Å². The van der Waals surface area contributed by atoms with Crippen molar-refractivity contribution in [3.8, 4) is 11.1 Å². The zero-order valence-corrected chi connectivity index (χ0v) is 11.7. The van der Waals surface area contributed by atoms with Crippen molar-refractivity contribution in [2.75, 3.05) is 11.0 Å². The minimum atomic E-state index is -4.81. The first kappa shape index (κ1) is 17.9. The largest absolute Gasteiger partial charge is 0.543 e. The van der Waals surface area contributed by atoms with E-state index in [2.05, 4.69) is 9.68 Å². The molecule has 0 fully saturated rings. The van der Waals surface area contributed by atoms with Crippen LogP contribution in [0.3, 0.4) is 0 Å².